The quantitative estimate of drug-likeness (QED) is 0.690. The summed E-state index contributed by atoms with van der Waals surface area (Å²) in [6, 6.07) is 3.27. The van der Waals surface area contributed by atoms with Crippen LogP contribution in [0.4, 0.5) is 32.0 Å². The predicted molar refractivity (Wildman–Crippen MR) is 87.2 cm³/mol. The van der Waals surface area contributed by atoms with E-state index in [9.17, 15) is 39.6 Å². The van der Waals surface area contributed by atoms with Gasteiger partial charge in [0.05, 0.1) is 16.1 Å². The van der Waals surface area contributed by atoms with Gasteiger partial charge in [0.2, 0.25) is 10.0 Å². The monoisotopic (exact) mass is 446 g/mol. The third-order valence-electron chi connectivity index (χ3n) is 3.35. The third kappa shape index (κ3) is 5.14. The van der Waals surface area contributed by atoms with Crippen molar-refractivity contribution < 1.29 is 39.6 Å². The minimum Gasteiger partial charge on any atom is -0.322 e. The van der Waals surface area contributed by atoms with Crippen molar-refractivity contribution in [3.63, 3.8) is 0 Å². The average Bonchev–Trinajstić information content (AvgIpc) is 2.52. The number of benzene rings is 2. The fourth-order valence-electron chi connectivity index (χ4n) is 2.09. The number of carbonyl (C=O) groups is 1. The Bertz CT molecular complexity index is 1000. The van der Waals surface area contributed by atoms with E-state index in [-0.39, 0.29) is 11.1 Å². The lowest BCUT2D eigenvalue weighted by atomic mass is 10.1. The lowest BCUT2D eigenvalue weighted by molar-refractivity contribution is -0.143. The van der Waals surface area contributed by atoms with Crippen molar-refractivity contribution in [2.75, 3.05) is 5.32 Å². The van der Waals surface area contributed by atoms with Crippen LogP contribution in [0.1, 0.15) is 21.5 Å². The fourth-order valence-corrected chi connectivity index (χ4v) is 3.16. The predicted octanol–water partition coefficient (Wildman–Crippen LogP) is 4.28. The summed E-state index contributed by atoms with van der Waals surface area (Å²) in [5.41, 5.74) is -4.45. The van der Waals surface area contributed by atoms with E-state index in [4.69, 9.17) is 16.7 Å². The summed E-state index contributed by atoms with van der Waals surface area (Å²) in [6.07, 6.45) is -10.2. The van der Waals surface area contributed by atoms with Crippen LogP contribution >= 0.6 is 11.6 Å². The van der Waals surface area contributed by atoms with Crippen molar-refractivity contribution in [3.8, 4) is 0 Å². The number of amides is 1. The van der Waals surface area contributed by atoms with Crippen molar-refractivity contribution in [1.82, 2.24) is 0 Å². The molecule has 3 N–H and O–H groups in total. The highest BCUT2D eigenvalue weighted by molar-refractivity contribution is 7.89. The van der Waals surface area contributed by atoms with Gasteiger partial charge in [-0.2, -0.15) is 26.3 Å². The number of nitrogens with two attached hydrogens (primary N) is 1. The highest BCUT2D eigenvalue weighted by Gasteiger charge is 2.37. The molecule has 0 heterocycles. The maximum atomic E-state index is 12.8. The number of halogens is 7. The molecule has 152 valence electrons. The van der Waals surface area contributed by atoms with Gasteiger partial charge in [0.1, 0.15) is 4.90 Å². The van der Waals surface area contributed by atoms with Gasteiger partial charge in [0.25, 0.3) is 5.91 Å². The van der Waals surface area contributed by atoms with Crippen LogP contribution in [0.25, 0.3) is 0 Å². The number of sulfonamides is 1. The molecule has 0 bridgehead atoms. The summed E-state index contributed by atoms with van der Waals surface area (Å²) in [5, 5.41) is 6.46. The first-order valence-electron chi connectivity index (χ1n) is 7.02. The fraction of sp³-hybridized carbons (Fsp3) is 0.133. The lowest BCUT2D eigenvalue weighted by Crippen LogP contribution is -2.17. The van der Waals surface area contributed by atoms with Crippen LogP contribution in [-0.2, 0) is 22.4 Å². The summed E-state index contributed by atoms with van der Waals surface area (Å²) in [7, 11) is -4.32. The van der Waals surface area contributed by atoms with E-state index in [2.05, 4.69) is 0 Å². The van der Waals surface area contributed by atoms with Crippen LogP contribution in [0, 0.1) is 0 Å². The average molecular weight is 447 g/mol. The van der Waals surface area contributed by atoms with Gasteiger partial charge in [-0.25, -0.2) is 13.6 Å². The Morgan fingerprint density at radius 1 is 0.929 bits per heavy atom. The van der Waals surface area contributed by atoms with E-state index in [0.717, 1.165) is 18.2 Å². The first-order valence-corrected chi connectivity index (χ1v) is 8.94. The molecule has 1 amide bonds. The zero-order valence-electron chi connectivity index (χ0n) is 13.3. The minimum atomic E-state index is -5.10. The molecule has 0 fully saturated rings. The third-order valence-corrected chi connectivity index (χ3v) is 4.74. The van der Waals surface area contributed by atoms with Gasteiger partial charge < -0.3 is 5.32 Å². The molecule has 0 aliphatic heterocycles. The Morgan fingerprint density at radius 3 is 1.86 bits per heavy atom. The number of carbonyl (C=O) groups excluding carboxylic acids is 1. The van der Waals surface area contributed by atoms with Crippen LogP contribution in [0.2, 0.25) is 5.02 Å². The van der Waals surface area contributed by atoms with Gasteiger partial charge >= 0.3 is 12.4 Å². The topological polar surface area (TPSA) is 89.3 Å². The number of alkyl halides is 6. The number of anilines is 1. The van der Waals surface area contributed by atoms with Crippen LogP contribution in [0.3, 0.4) is 0 Å². The first kappa shape index (κ1) is 22.0. The van der Waals surface area contributed by atoms with E-state index in [0.29, 0.717) is 12.1 Å². The largest absolute Gasteiger partial charge is 0.416 e. The molecule has 0 aliphatic rings. The molecule has 0 saturated heterocycles. The summed E-state index contributed by atoms with van der Waals surface area (Å²) in [6.45, 7) is 0. The Kier molecular flexibility index (Phi) is 5.70. The van der Waals surface area contributed by atoms with Crippen molar-refractivity contribution in [3.05, 3.63) is 58.1 Å². The van der Waals surface area contributed by atoms with Gasteiger partial charge in [-0.3, -0.25) is 4.79 Å². The van der Waals surface area contributed by atoms with E-state index in [1.165, 1.54) is 0 Å². The van der Waals surface area contributed by atoms with E-state index in [1.807, 2.05) is 5.32 Å². The Balaban J connectivity index is 2.47. The molecule has 13 heteroatoms. The molecular formula is C15H9ClF6N2O3S. The molecule has 0 aliphatic carbocycles. The number of rotatable bonds is 3. The van der Waals surface area contributed by atoms with Crippen molar-refractivity contribution in [2.45, 2.75) is 17.2 Å². The van der Waals surface area contributed by atoms with Crippen LogP contribution in [-0.4, -0.2) is 14.3 Å². The van der Waals surface area contributed by atoms with Crippen LogP contribution in [0.15, 0.2) is 41.3 Å². The van der Waals surface area contributed by atoms with Crippen molar-refractivity contribution in [1.29, 1.82) is 0 Å². The zero-order chi connectivity index (χ0) is 21.5. The molecular weight excluding hydrogens is 438 g/mol. The van der Waals surface area contributed by atoms with E-state index in [1.54, 1.807) is 0 Å². The van der Waals surface area contributed by atoms with Gasteiger partial charge in [-0.05, 0) is 36.4 Å². The molecule has 5 nitrogen and oxygen atoms in total. The number of nitrogens with one attached hydrogen (secondary N) is 1. The molecule has 0 saturated carbocycles. The SMILES string of the molecule is NS(=O)(=O)c1cc(C(=O)Nc2cc(C(F)(F)F)cc(C(F)(F)F)c2)ccc1Cl. The Hall–Kier alpha value is -2.31. The van der Waals surface area contributed by atoms with Crippen molar-refractivity contribution >= 4 is 33.2 Å². The highest BCUT2D eigenvalue weighted by atomic mass is 35.5. The smallest absolute Gasteiger partial charge is 0.322 e. The molecule has 0 unspecified atom stereocenters. The standard InChI is InChI=1S/C15H9ClF6N2O3S/c16-11-2-1-7(3-12(11)28(23,26)27)13(25)24-10-5-8(14(17,18)19)4-9(6-10)15(20,21)22/h1-6H,(H,24,25)(H2,23,26,27). The first-order chi connectivity index (χ1) is 12.6. The normalized spacial score (nSPS) is 12.7. The zero-order valence-corrected chi connectivity index (χ0v) is 14.9. The van der Waals surface area contributed by atoms with Gasteiger partial charge in [0.15, 0.2) is 0 Å². The minimum absolute atomic E-state index is 0.100. The Labute approximate surface area is 159 Å². The summed E-state index contributed by atoms with van der Waals surface area (Å²) in [5.74, 6) is -1.17. The second kappa shape index (κ2) is 7.26. The molecule has 2 aromatic carbocycles. The molecule has 0 aromatic heterocycles. The lowest BCUT2D eigenvalue weighted by Gasteiger charge is -2.15. The summed E-state index contributed by atoms with van der Waals surface area (Å²) in [4.78, 5) is 11.5. The Morgan fingerprint density at radius 2 is 1.43 bits per heavy atom. The molecule has 2 rings (SSSR count). The number of primary sulfonamides is 1. The van der Waals surface area contributed by atoms with Gasteiger partial charge in [-0.1, -0.05) is 11.6 Å². The molecule has 0 atom stereocenters. The second-order valence-corrected chi connectivity index (χ2v) is 7.38. The highest BCUT2D eigenvalue weighted by Crippen LogP contribution is 2.37. The second-order valence-electron chi connectivity index (χ2n) is 5.44. The molecule has 0 spiro atoms. The molecule has 2 aromatic rings. The maximum absolute atomic E-state index is 12.8. The molecule has 28 heavy (non-hydrogen) atoms. The van der Waals surface area contributed by atoms with Crippen molar-refractivity contribution in [2.24, 2.45) is 5.14 Å². The number of hydrogen-bond acceptors (Lipinski definition) is 3. The van der Waals surface area contributed by atoms with Crippen LogP contribution < -0.4 is 10.5 Å². The number of hydrogen-bond donors (Lipinski definition) is 2. The van der Waals surface area contributed by atoms with Gasteiger partial charge in [-0.15, -0.1) is 0 Å². The maximum Gasteiger partial charge on any atom is 0.416 e. The van der Waals surface area contributed by atoms with E-state index < -0.39 is 55.6 Å². The molecule has 0 radical (unpaired) electrons. The van der Waals surface area contributed by atoms with Crippen LogP contribution in [0.5, 0.6) is 0 Å². The summed E-state index contributed by atoms with van der Waals surface area (Å²) < 4.78 is 99.9. The summed E-state index contributed by atoms with van der Waals surface area (Å²) >= 11 is 5.65. The van der Waals surface area contributed by atoms with E-state index >= 15 is 0 Å². The van der Waals surface area contributed by atoms with Gasteiger partial charge in [0, 0.05) is 11.3 Å².